The van der Waals surface area contributed by atoms with Gasteiger partial charge in [-0.3, -0.25) is 4.79 Å². The van der Waals surface area contributed by atoms with Crippen LogP contribution in [-0.4, -0.2) is 47.2 Å². The van der Waals surface area contributed by atoms with Crippen LogP contribution < -0.4 is 10.1 Å². The van der Waals surface area contributed by atoms with Crippen molar-refractivity contribution in [2.45, 2.75) is 44.2 Å². The number of ether oxygens (including phenoxy) is 1. The highest BCUT2D eigenvalue weighted by atomic mass is 16.5. The molecule has 1 unspecified atom stereocenters. The zero-order valence-corrected chi connectivity index (χ0v) is 14.9. The van der Waals surface area contributed by atoms with Crippen LogP contribution in [0.1, 0.15) is 32.1 Å². The maximum absolute atomic E-state index is 11.5. The number of hydrogen-bond acceptors (Lipinski definition) is 3. The topological polar surface area (TPSA) is 46.5 Å². The van der Waals surface area contributed by atoms with Gasteiger partial charge in [-0.15, -0.1) is 0 Å². The smallest absolute Gasteiger partial charge is 0.220 e. The number of fused-ring (bicyclic) bond motifs is 1. The first-order valence-electron chi connectivity index (χ1n) is 9.41. The third kappa shape index (κ3) is 3.66. The van der Waals surface area contributed by atoms with Crippen molar-refractivity contribution in [3.8, 4) is 5.75 Å². The van der Waals surface area contributed by atoms with Crippen molar-refractivity contribution < 1.29 is 9.53 Å². The Morgan fingerprint density at radius 2 is 2.04 bits per heavy atom. The van der Waals surface area contributed by atoms with Gasteiger partial charge in [0.25, 0.3) is 0 Å². The predicted molar refractivity (Wildman–Crippen MR) is 98.8 cm³/mol. The second kappa shape index (κ2) is 7.08. The van der Waals surface area contributed by atoms with Gasteiger partial charge in [-0.2, -0.15) is 0 Å². The predicted octanol–water partition coefficient (Wildman–Crippen LogP) is 2.69. The molecule has 1 amide bonds. The molecular weight excluding hydrogens is 314 g/mol. The average molecular weight is 341 g/mol. The third-order valence-electron chi connectivity index (χ3n) is 5.52. The number of nitrogens with one attached hydrogen (secondary N) is 1. The highest BCUT2D eigenvalue weighted by Crippen LogP contribution is 2.28. The Morgan fingerprint density at radius 3 is 2.84 bits per heavy atom. The van der Waals surface area contributed by atoms with Crippen molar-refractivity contribution in [1.29, 1.82) is 0 Å². The van der Waals surface area contributed by atoms with Crippen LogP contribution >= 0.6 is 0 Å². The molecule has 25 heavy (non-hydrogen) atoms. The summed E-state index contributed by atoms with van der Waals surface area (Å²) in [7, 11) is 2.06. The van der Waals surface area contributed by atoms with Crippen molar-refractivity contribution in [3.63, 3.8) is 0 Å². The molecule has 1 atom stereocenters. The van der Waals surface area contributed by atoms with Crippen LogP contribution in [0.5, 0.6) is 5.75 Å². The molecule has 2 aliphatic heterocycles. The van der Waals surface area contributed by atoms with Gasteiger partial charge in [-0.05, 0) is 43.9 Å². The van der Waals surface area contributed by atoms with E-state index in [0.29, 0.717) is 12.5 Å². The van der Waals surface area contributed by atoms with Crippen LogP contribution in [-0.2, 0) is 11.8 Å². The standard InChI is InChI=1S/C20H27N3O2/c1-22-11-10-17-18(22)5-3-6-19(17)25-16-8-12-23(13-9-16)14-15-4-2-7-20(24)21-15/h3,5-6,10-11,15-16H,2,4,7-9,12-14H2,1H3,(H,21,24). The van der Waals surface area contributed by atoms with Gasteiger partial charge < -0.3 is 19.5 Å². The monoisotopic (exact) mass is 341 g/mol. The lowest BCUT2D eigenvalue weighted by molar-refractivity contribution is -0.123. The summed E-state index contributed by atoms with van der Waals surface area (Å²) in [6.45, 7) is 3.07. The summed E-state index contributed by atoms with van der Waals surface area (Å²) in [5.74, 6) is 1.21. The second-order valence-electron chi connectivity index (χ2n) is 7.39. The Hall–Kier alpha value is -2.01. The first kappa shape index (κ1) is 16.5. The number of aromatic nitrogens is 1. The summed E-state index contributed by atoms with van der Waals surface area (Å²) in [5, 5.41) is 4.31. The molecule has 0 radical (unpaired) electrons. The van der Waals surface area contributed by atoms with Gasteiger partial charge in [0.1, 0.15) is 11.9 Å². The van der Waals surface area contributed by atoms with Crippen LogP contribution in [0.25, 0.3) is 10.9 Å². The molecule has 134 valence electrons. The summed E-state index contributed by atoms with van der Waals surface area (Å²) in [5.41, 5.74) is 1.21. The van der Waals surface area contributed by atoms with Crippen molar-refractivity contribution in [1.82, 2.24) is 14.8 Å². The Labute approximate surface area is 148 Å². The van der Waals surface area contributed by atoms with E-state index >= 15 is 0 Å². The van der Waals surface area contributed by atoms with Crippen LogP contribution in [0.3, 0.4) is 0 Å². The minimum Gasteiger partial charge on any atom is -0.490 e. The summed E-state index contributed by atoms with van der Waals surface area (Å²) in [4.78, 5) is 14.0. The number of carbonyl (C=O) groups is 1. The first-order chi connectivity index (χ1) is 12.2. The van der Waals surface area contributed by atoms with Crippen molar-refractivity contribution in [2.24, 2.45) is 7.05 Å². The molecule has 1 aromatic carbocycles. The molecule has 3 heterocycles. The summed E-state index contributed by atoms with van der Waals surface area (Å²) in [6.07, 6.45) is 7.28. The largest absolute Gasteiger partial charge is 0.490 e. The lowest BCUT2D eigenvalue weighted by Gasteiger charge is -2.35. The molecule has 0 saturated carbocycles. The minimum absolute atomic E-state index is 0.213. The van der Waals surface area contributed by atoms with Crippen molar-refractivity contribution in [2.75, 3.05) is 19.6 Å². The molecule has 2 saturated heterocycles. The molecule has 2 fully saturated rings. The van der Waals surface area contributed by atoms with E-state index in [1.807, 2.05) is 0 Å². The molecule has 0 bridgehead atoms. The molecule has 5 heteroatoms. The van der Waals surface area contributed by atoms with Crippen LogP contribution in [0.2, 0.25) is 0 Å². The lowest BCUT2D eigenvalue weighted by Crippen LogP contribution is -2.49. The van der Waals surface area contributed by atoms with Crippen molar-refractivity contribution >= 4 is 16.8 Å². The van der Waals surface area contributed by atoms with Gasteiger partial charge in [-0.25, -0.2) is 0 Å². The number of piperidine rings is 2. The molecule has 5 nitrogen and oxygen atoms in total. The Balaban J connectivity index is 1.32. The van der Waals surface area contributed by atoms with Gasteiger partial charge in [0.15, 0.2) is 0 Å². The number of aryl methyl sites for hydroxylation is 1. The van der Waals surface area contributed by atoms with Gasteiger partial charge >= 0.3 is 0 Å². The van der Waals surface area contributed by atoms with Gasteiger partial charge in [0.05, 0.1) is 5.52 Å². The van der Waals surface area contributed by atoms with E-state index in [9.17, 15) is 4.79 Å². The number of likely N-dealkylation sites (tertiary alicyclic amines) is 1. The maximum Gasteiger partial charge on any atom is 0.220 e. The number of hydrogen-bond donors (Lipinski definition) is 1. The zero-order valence-electron chi connectivity index (χ0n) is 14.9. The fraction of sp³-hybridized carbons (Fsp3) is 0.550. The molecule has 2 aromatic rings. The quantitative estimate of drug-likeness (QED) is 0.930. The number of carbonyl (C=O) groups excluding carboxylic acids is 1. The average Bonchev–Trinajstić information content (AvgIpc) is 2.99. The van der Waals surface area contributed by atoms with E-state index in [4.69, 9.17) is 4.74 Å². The highest BCUT2D eigenvalue weighted by molar-refractivity contribution is 5.86. The van der Waals surface area contributed by atoms with Gasteiger partial charge in [0, 0.05) is 50.7 Å². The number of amides is 1. The summed E-state index contributed by atoms with van der Waals surface area (Å²) in [6, 6.07) is 8.73. The molecule has 1 N–H and O–H groups in total. The summed E-state index contributed by atoms with van der Waals surface area (Å²) >= 11 is 0. The molecule has 0 spiro atoms. The SMILES string of the molecule is Cn1ccc2c(OC3CCN(CC4CCCC(=O)N4)CC3)cccc21. The van der Waals surface area contributed by atoms with Gasteiger partial charge in [0.2, 0.25) is 5.91 Å². The van der Waals surface area contributed by atoms with E-state index in [-0.39, 0.29) is 12.0 Å². The fourth-order valence-electron chi connectivity index (χ4n) is 4.10. The molecular formula is C20H27N3O2. The maximum atomic E-state index is 11.5. The lowest BCUT2D eigenvalue weighted by atomic mass is 10.0. The summed E-state index contributed by atoms with van der Waals surface area (Å²) < 4.78 is 8.46. The van der Waals surface area contributed by atoms with Crippen LogP contribution in [0, 0.1) is 0 Å². The van der Waals surface area contributed by atoms with Gasteiger partial charge in [-0.1, -0.05) is 6.07 Å². The minimum atomic E-state index is 0.213. The van der Waals surface area contributed by atoms with E-state index in [1.54, 1.807) is 0 Å². The second-order valence-corrected chi connectivity index (χ2v) is 7.39. The van der Waals surface area contributed by atoms with Crippen LogP contribution in [0.4, 0.5) is 0 Å². The first-order valence-corrected chi connectivity index (χ1v) is 9.41. The van der Waals surface area contributed by atoms with E-state index in [2.05, 4.69) is 52.3 Å². The Kier molecular flexibility index (Phi) is 4.66. The number of nitrogens with zero attached hydrogens (tertiary/aromatic N) is 2. The van der Waals surface area contributed by atoms with E-state index in [1.165, 1.54) is 10.9 Å². The normalized spacial score (nSPS) is 22.9. The third-order valence-corrected chi connectivity index (χ3v) is 5.52. The fourth-order valence-corrected chi connectivity index (χ4v) is 4.10. The Bertz CT molecular complexity index is 746. The number of rotatable bonds is 4. The Morgan fingerprint density at radius 1 is 1.20 bits per heavy atom. The van der Waals surface area contributed by atoms with E-state index in [0.717, 1.165) is 51.1 Å². The number of benzene rings is 1. The zero-order chi connectivity index (χ0) is 17.2. The van der Waals surface area contributed by atoms with Crippen LogP contribution in [0.15, 0.2) is 30.5 Å². The molecule has 2 aliphatic rings. The highest BCUT2D eigenvalue weighted by Gasteiger charge is 2.25. The molecule has 4 rings (SSSR count). The van der Waals surface area contributed by atoms with Crippen molar-refractivity contribution in [3.05, 3.63) is 30.5 Å². The molecule has 0 aliphatic carbocycles. The van der Waals surface area contributed by atoms with E-state index < -0.39 is 0 Å². The molecule has 1 aromatic heterocycles.